The number of ether oxygens (including phenoxy) is 2. The van der Waals surface area contributed by atoms with Gasteiger partial charge in [-0.3, -0.25) is 0 Å². The fraction of sp³-hybridized carbons (Fsp3) is 0.278. The van der Waals surface area contributed by atoms with Crippen LogP contribution in [0.15, 0.2) is 42.5 Å². The number of fused-ring (bicyclic) bond motifs is 1. The molecular weight excluding hydrogens is 318 g/mol. The highest BCUT2D eigenvalue weighted by Gasteiger charge is 2.10. The lowest BCUT2D eigenvalue weighted by Gasteiger charge is -2.10. The van der Waals surface area contributed by atoms with Crippen LogP contribution < -0.4 is 15.8 Å². The molecule has 1 aromatic carbocycles. The van der Waals surface area contributed by atoms with Crippen LogP contribution >= 0.6 is 0 Å². The van der Waals surface area contributed by atoms with Crippen molar-refractivity contribution in [3.63, 3.8) is 0 Å². The smallest absolute Gasteiger partial charge is 0.245 e. The number of nitrogens with zero attached hydrogens (tertiary/aromatic N) is 3. The predicted octanol–water partition coefficient (Wildman–Crippen LogP) is 3.16. The summed E-state index contributed by atoms with van der Waals surface area (Å²) in [6.07, 6.45) is 0.765. The Morgan fingerprint density at radius 1 is 1.00 bits per heavy atom. The highest BCUT2D eigenvalue weighted by atomic mass is 16.5. The monoisotopic (exact) mass is 339 g/mol. The normalized spacial score (nSPS) is 10.8. The van der Waals surface area contributed by atoms with E-state index in [-0.39, 0.29) is 5.95 Å². The molecule has 130 valence electrons. The maximum atomic E-state index is 5.77. The molecule has 0 aliphatic rings. The van der Waals surface area contributed by atoms with Crippen LogP contribution in [-0.2, 0) is 4.74 Å². The van der Waals surface area contributed by atoms with Crippen molar-refractivity contribution in [3.8, 4) is 5.88 Å². The van der Waals surface area contributed by atoms with Gasteiger partial charge in [0.05, 0.1) is 12.1 Å². The topological polar surface area (TPSA) is 95.2 Å². The fourth-order valence-corrected chi connectivity index (χ4v) is 2.32. The van der Waals surface area contributed by atoms with Gasteiger partial charge in [-0.2, -0.15) is 4.98 Å². The molecule has 0 saturated heterocycles. The standard InChI is InChI=1S/C18H21N5O2/c1-2-24-11-6-12-25-17-16-14(21-18(19)23-17)9-10-15(22-16)20-13-7-4-3-5-8-13/h3-5,7-10H,2,6,11-12H2,1H3,(H,20,22)(H2,19,21,23). The summed E-state index contributed by atoms with van der Waals surface area (Å²) < 4.78 is 11.1. The summed E-state index contributed by atoms with van der Waals surface area (Å²) in [5, 5.41) is 3.25. The lowest BCUT2D eigenvalue weighted by molar-refractivity contribution is 0.130. The third kappa shape index (κ3) is 4.54. The number of para-hydroxylation sites is 1. The second kappa shape index (κ2) is 8.25. The van der Waals surface area contributed by atoms with E-state index >= 15 is 0 Å². The molecule has 3 rings (SSSR count). The second-order valence-corrected chi connectivity index (χ2v) is 5.34. The molecule has 2 heterocycles. The molecule has 0 aliphatic carbocycles. The summed E-state index contributed by atoms with van der Waals surface area (Å²) in [5.74, 6) is 1.24. The zero-order valence-electron chi connectivity index (χ0n) is 14.1. The minimum atomic E-state index is 0.165. The molecule has 7 heteroatoms. The average molecular weight is 339 g/mol. The number of rotatable bonds is 8. The third-order valence-electron chi connectivity index (χ3n) is 3.45. The Labute approximate surface area is 146 Å². The van der Waals surface area contributed by atoms with Crippen molar-refractivity contribution in [3.05, 3.63) is 42.5 Å². The Morgan fingerprint density at radius 2 is 1.84 bits per heavy atom. The van der Waals surface area contributed by atoms with Crippen LogP contribution in [0.25, 0.3) is 11.0 Å². The molecule has 0 saturated carbocycles. The SMILES string of the molecule is CCOCCCOc1nc(N)nc2ccc(Nc3ccccc3)nc12. The van der Waals surface area contributed by atoms with Gasteiger partial charge in [-0.25, -0.2) is 9.97 Å². The van der Waals surface area contributed by atoms with Gasteiger partial charge in [0.2, 0.25) is 11.8 Å². The van der Waals surface area contributed by atoms with Crippen LogP contribution in [0.1, 0.15) is 13.3 Å². The first-order valence-corrected chi connectivity index (χ1v) is 8.23. The lowest BCUT2D eigenvalue weighted by Crippen LogP contribution is -2.07. The molecule has 3 aromatic rings. The van der Waals surface area contributed by atoms with E-state index in [1.54, 1.807) is 0 Å². The van der Waals surface area contributed by atoms with E-state index in [9.17, 15) is 0 Å². The van der Waals surface area contributed by atoms with Crippen LogP contribution in [0.5, 0.6) is 5.88 Å². The molecule has 25 heavy (non-hydrogen) atoms. The van der Waals surface area contributed by atoms with E-state index in [0.29, 0.717) is 42.6 Å². The molecule has 0 amide bonds. The number of aromatic nitrogens is 3. The molecule has 0 unspecified atom stereocenters. The van der Waals surface area contributed by atoms with Crippen LogP contribution in [0.4, 0.5) is 17.5 Å². The quantitative estimate of drug-likeness (QED) is 0.609. The van der Waals surface area contributed by atoms with Crippen LogP contribution in [0.3, 0.4) is 0 Å². The number of nitrogens with one attached hydrogen (secondary N) is 1. The number of benzene rings is 1. The van der Waals surface area contributed by atoms with Crippen molar-refractivity contribution in [2.45, 2.75) is 13.3 Å². The minimum absolute atomic E-state index is 0.165. The summed E-state index contributed by atoms with van der Waals surface area (Å²) in [6.45, 7) is 3.77. The summed E-state index contributed by atoms with van der Waals surface area (Å²) in [6, 6.07) is 13.5. The van der Waals surface area contributed by atoms with Crippen molar-refractivity contribution in [2.75, 3.05) is 30.9 Å². The van der Waals surface area contributed by atoms with Crippen LogP contribution in [-0.4, -0.2) is 34.8 Å². The molecule has 0 fully saturated rings. The highest BCUT2D eigenvalue weighted by Crippen LogP contribution is 2.24. The van der Waals surface area contributed by atoms with Crippen molar-refractivity contribution in [1.29, 1.82) is 0 Å². The Balaban J connectivity index is 1.81. The Morgan fingerprint density at radius 3 is 2.64 bits per heavy atom. The van der Waals surface area contributed by atoms with Gasteiger partial charge in [0.15, 0.2) is 5.52 Å². The molecular formula is C18H21N5O2. The summed E-state index contributed by atoms with van der Waals surface area (Å²) in [7, 11) is 0. The van der Waals surface area contributed by atoms with Crippen molar-refractivity contribution in [1.82, 2.24) is 15.0 Å². The third-order valence-corrected chi connectivity index (χ3v) is 3.45. The molecule has 0 bridgehead atoms. The molecule has 0 atom stereocenters. The van der Waals surface area contributed by atoms with Crippen LogP contribution in [0.2, 0.25) is 0 Å². The molecule has 0 aliphatic heterocycles. The van der Waals surface area contributed by atoms with Gasteiger partial charge in [-0.05, 0) is 31.2 Å². The highest BCUT2D eigenvalue weighted by molar-refractivity contribution is 5.82. The van der Waals surface area contributed by atoms with Gasteiger partial charge in [0.1, 0.15) is 5.82 Å². The summed E-state index contributed by atoms with van der Waals surface area (Å²) >= 11 is 0. The first-order chi connectivity index (χ1) is 12.3. The van der Waals surface area contributed by atoms with Gasteiger partial charge < -0.3 is 20.5 Å². The second-order valence-electron chi connectivity index (χ2n) is 5.34. The number of anilines is 3. The number of nitrogen functional groups attached to an aromatic ring is 1. The van der Waals surface area contributed by atoms with Crippen molar-refractivity contribution >= 4 is 28.5 Å². The van der Waals surface area contributed by atoms with Gasteiger partial charge >= 0.3 is 0 Å². The largest absolute Gasteiger partial charge is 0.476 e. The fourth-order valence-electron chi connectivity index (χ4n) is 2.32. The van der Waals surface area contributed by atoms with E-state index < -0.39 is 0 Å². The Kier molecular flexibility index (Phi) is 5.58. The van der Waals surface area contributed by atoms with E-state index in [1.165, 1.54) is 0 Å². The maximum absolute atomic E-state index is 5.77. The Bertz CT molecular complexity index is 826. The number of hydrogen-bond acceptors (Lipinski definition) is 7. The molecule has 0 radical (unpaired) electrons. The maximum Gasteiger partial charge on any atom is 0.245 e. The minimum Gasteiger partial charge on any atom is -0.476 e. The van der Waals surface area contributed by atoms with Crippen molar-refractivity contribution < 1.29 is 9.47 Å². The zero-order chi connectivity index (χ0) is 17.5. The molecule has 0 spiro atoms. The van der Waals surface area contributed by atoms with Crippen molar-refractivity contribution in [2.24, 2.45) is 0 Å². The van der Waals surface area contributed by atoms with Crippen LogP contribution in [0, 0.1) is 0 Å². The first kappa shape index (κ1) is 16.9. The molecule has 2 aromatic heterocycles. The van der Waals surface area contributed by atoms with E-state index in [1.807, 2.05) is 49.4 Å². The Hall–Kier alpha value is -2.93. The average Bonchev–Trinajstić information content (AvgIpc) is 2.62. The van der Waals surface area contributed by atoms with Gasteiger partial charge in [0, 0.05) is 25.3 Å². The molecule has 3 N–H and O–H groups in total. The predicted molar refractivity (Wildman–Crippen MR) is 98.1 cm³/mol. The number of hydrogen-bond donors (Lipinski definition) is 2. The van der Waals surface area contributed by atoms with E-state index in [0.717, 1.165) is 12.1 Å². The summed E-state index contributed by atoms with van der Waals surface area (Å²) in [4.78, 5) is 13.0. The number of nitrogens with two attached hydrogens (primary N) is 1. The zero-order valence-corrected chi connectivity index (χ0v) is 14.1. The van der Waals surface area contributed by atoms with E-state index in [4.69, 9.17) is 15.2 Å². The van der Waals surface area contributed by atoms with Gasteiger partial charge in [-0.15, -0.1) is 0 Å². The lowest BCUT2D eigenvalue weighted by atomic mass is 10.3. The van der Waals surface area contributed by atoms with E-state index in [2.05, 4.69) is 20.3 Å². The summed E-state index contributed by atoms with van der Waals surface area (Å²) in [5.41, 5.74) is 7.94. The van der Waals surface area contributed by atoms with Gasteiger partial charge in [0.25, 0.3) is 0 Å². The number of pyridine rings is 1. The van der Waals surface area contributed by atoms with Gasteiger partial charge in [-0.1, -0.05) is 18.2 Å². The molecule has 7 nitrogen and oxygen atoms in total. The first-order valence-electron chi connectivity index (χ1n) is 8.23.